The van der Waals surface area contributed by atoms with Crippen molar-refractivity contribution < 1.29 is 4.79 Å². The molecule has 1 atom stereocenters. The molecule has 1 amide bonds. The van der Waals surface area contributed by atoms with Crippen molar-refractivity contribution in [2.24, 2.45) is 11.7 Å². The van der Waals surface area contributed by atoms with Crippen LogP contribution in [0.4, 0.5) is 0 Å². The van der Waals surface area contributed by atoms with Crippen LogP contribution >= 0.6 is 0 Å². The zero-order chi connectivity index (χ0) is 12.8. The second-order valence-corrected chi connectivity index (χ2v) is 5.45. The number of nitrogens with zero attached hydrogens (tertiary/aromatic N) is 1. The summed E-state index contributed by atoms with van der Waals surface area (Å²) >= 11 is 0. The van der Waals surface area contributed by atoms with Crippen LogP contribution in [0.15, 0.2) is 12.7 Å². The molecule has 0 saturated heterocycles. The second kappa shape index (κ2) is 6.80. The van der Waals surface area contributed by atoms with E-state index in [-0.39, 0.29) is 5.91 Å². The van der Waals surface area contributed by atoms with E-state index in [1.54, 1.807) is 6.08 Å². The molecule has 3 nitrogen and oxygen atoms in total. The highest BCUT2D eigenvalue weighted by Crippen LogP contribution is 2.25. The lowest BCUT2D eigenvalue weighted by atomic mass is 10.1. The number of amides is 1. The number of rotatable bonds is 6. The van der Waals surface area contributed by atoms with Crippen LogP contribution in [0, 0.1) is 5.92 Å². The van der Waals surface area contributed by atoms with Gasteiger partial charge in [-0.05, 0) is 25.2 Å². The maximum atomic E-state index is 12.3. The fourth-order valence-corrected chi connectivity index (χ4v) is 2.52. The van der Waals surface area contributed by atoms with E-state index in [1.807, 2.05) is 4.90 Å². The first-order chi connectivity index (χ1) is 8.06. The summed E-state index contributed by atoms with van der Waals surface area (Å²) in [4.78, 5) is 14.3. The summed E-state index contributed by atoms with van der Waals surface area (Å²) in [6, 6.07) is 0.00705. The Labute approximate surface area is 105 Å². The standard InChI is InChI=1S/C14H26N2O/c1-4-7-13(15)14(17)16(10-11(2)3)12-8-5-6-9-12/h4,11-13H,1,5-10,15H2,2-3H3. The van der Waals surface area contributed by atoms with Crippen molar-refractivity contribution in [2.75, 3.05) is 6.54 Å². The molecule has 1 unspecified atom stereocenters. The van der Waals surface area contributed by atoms with Crippen LogP contribution in [0.25, 0.3) is 0 Å². The summed E-state index contributed by atoms with van der Waals surface area (Å²) in [5.74, 6) is 0.598. The van der Waals surface area contributed by atoms with Gasteiger partial charge in [-0.2, -0.15) is 0 Å². The predicted octanol–water partition coefficient (Wildman–Crippen LogP) is 2.32. The van der Waals surface area contributed by atoms with Gasteiger partial charge in [0.2, 0.25) is 5.91 Å². The Bertz CT molecular complexity index is 257. The smallest absolute Gasteiger partial charge is 0.240 e. The summed E-state index contributed by atoms with van der Waals surface area (Å²) in [6.45, 7) is 8.77. The summed E-state index contributed by atoms with van der Waals surface area (Å²) < 4.78 is 0. The van der Waals surface area contributed by atoms with Crippen LogP contribution in [0.2, 0.25) is 0 Å². The highest BCUT2D eigenvalue weighted by molar-refractivity contribution is 5.82. The average molecular weight is 238 g/mol. The van der Waals surface area contributed by atoms with Crippen molar-refractivity contribution in [3.63, 3.8) is 0 Å². The number of carbonyl (C=O) groups is 1. The van der Waals surface area contributed by atoms with E-state index < -0.39 is 6.04 Å². The van der Waals surface area contributed by atoms with Gasteiger partial charge >= 0.3 is 0 Å². The first kappa shape index (κ1) is 14.2. The molecule has 0 bridgehead atoms. The molecule has 1 saturated carbocycles. The van der Waals surface area contributed by atoms with Crippen LogP contribution in [-0.2, 0) is 4.79 Å². The molecule has 0 aromatic rings. The average Bonchev–Trinajstić information content (AvgIpc) is 2.78. The van der Waals surface area contributed by atoms with Crippen molar-refractivity contribution in [1.29, 1.82) is 0 Å². The zero-order valence-electron chi connectivity index (χ0n) is 11.2. The molecule has 0 heterocycles. The SMILES string of the molecule is C=CCC(N)C(=O)N(CC(C)C)C1CCCC1. The van der Waals surface area contributed by atoms with E-state index in [1.165, 1.54) is 12.8 Å². The third-order valence-corrected chi connectivity index (χ3v) is 3.35. The van der Waals surface area contributed by atoms with E-state index >= 15 is 0 Å². The van der Waals surface area contributed by atoms with Crippen LogP contribution < -0.4 is 5.73 Å². The molecule has 0 aromatic heterocycles. The Kier molecular flexibility index (Phi) is 5.69. The lowest BCUT2D eigenvalue weighted by Gasteiger charge is -2.32. The Morgan fingerprint density at radius 2 is 2.06 bits per heavy atom. The van der Waals surface area contributed by atoms with E-state index in [2.05, 4.69) is 20.4 Å². The van der Waals surface area contributed by atoms with Crippen LogP contribution in [0.1, 0.15) is 46.0 Å². The molecule has 98 valence electrons. The minimum absolute atomic E-state index is 0.102. The number of carbonyl (C=O) groups excluding carboxylic acids is 1. The van der Waals surface area contributed by atoms with Crippen molar-refractivity contribution in [2.45, 2.75) is 58.0 Å². The van der Waals surface area contributed by atoms with Crippen molar-refractivity contribution in [3.8, 4) is 0 Å². The van der Waals surface area contributed by atoms with Gasteiger partial charge < -0.3 is 10.6 Å². The molecular weight excluding hydrogens is 212 g/mol. The van der Waals surface area contributed by atoms with Gasteiger partial charge in [-0.3, -0.25) is 4.79 Å². The Morgan fingerprint density at radius 3 is 2.53 bits per heavy atom. The van der Waals surface area contributed by atoms with E-state index in [0.717, 1.165) is 19.4 Å². The number of hydrogen-bond donors (Lipinski definition) is 1. The first-order valence-electron chi connectivity index (χ1n) is 6.73. The van der Waals surface area contributed by atoms with Gasteiger partial charge in [0, 0.05) is 12.6 Å². The van der Waals surface area contributed by atoms with Crippen LogP contribution in [0.5, 0.6) is 0 Å². The molecule has 0 aliphatic heterocycles. The van der Waals surface area contributed by atoms with Gasteiger partial charge in [-0.1, -0.05) is 32.8 Å². The summed E-state index contributed by atoms with van der Waals surface area (Å²) in [7, 11) is 0. The molecule has 0 aromatic carbocycles. The van der Waals surface area contributed by atoms with Crippen LogP contribution in [-0.4, -0.2) is 29.4 Å². The molecule has 17 heavy (non-hydrogen) atoms. The molecular formula is C14H26N2O. The maximum Gasteiger partial charge on any atom is 0.240 e. The Morgan fingerprint density at radius 1 is 1.47 bits per heavy atom. The minimum atomic E-state index is -0.410. The molecule has 1 fully saturated rings. The second-order valence-electron chi connectivity index (χ2n) is 5.45. The highest BCUT2D eigenvalue weighted by Gasteiger charge is 2.29. The lowest BCUT2D eigenvalue weighted by Crippen LogP contribution is -2.49. The molecule has 1 aliphatic rings. The van der Waals surface area contributed by atoms with Crippen molar-refractivity contribution >= 4 is 5.91 Å². The van der Waals surface area contributed by atoms with Gasteiger partial charge in [-0.15, -0.1) is 6.58 Å². The van der Waals surface area contributed by atoms with Gasteiger partial charge in [0.05, 0.1) is 6.04 Å². The topological polar surface area (TPSA) is 46.3 Å². The minimum Gasteiger partial charge on any atom is -0.338 e. The van der Waals surface area contributed by atoms with E-state index in [4.69, 9.17) is 5.73 Å². The summed E-state index contributed by atoms with van der Waals surface area (Å²) in [5.41, 5.74) is 5.91. The predicted molar refractivity (Wildman–Crippen MR) is 71.6 cm³/mol. The number of nitrogens with two attached hydrogens (primary N) is 1. The van der Waals surface area contributed by atoms with Gasteiger partial charge in [0.25, 0.3) is 0 Å². The van der Waals surface area contributed by atoms with Crippen molar-refractivity contribution in [3.05, 3.63) is 12.7 Å². The third-order valence-electron chi connectivity index (χ3n) is 3.35. The zero-order valence-corrected chi connectivity index (χ0v) is 11.2. The van der Waals surface area contributed by atoms with E-state index in [0.29, 0.717) is 18.4 Å². The van der Waals surface area contributed by atoms with Gasteiger partial charge in [-0.25, -0.2) is 0 Å². The molecule has 0 spiro atoms. The Balaban J connectivity index is 2.66. The fraction of sp³-hybridized carbons (Fsp3) is 0.786. The quantitative estimate of drug-likeness (QED) is 0.722. The highest BCUT2D eigenvalue weighted by atomic mass is 16.2. The first-order valence-corrected chi connectivity index (χ1v) is 6.73. The van der Waals surface area contributed by atoms with Gasteiger partial charge in [0.1, 0.15) is 0 Å². The van der Waals surface area contributed by atoms with E-state index in [9.17, 15) is 4.79 Å². The molecule has 1 rings (SSSR count). The van der Waals surface area contributed by atoms with Crippen molar-refractivity contribution in [1.82, 2.24) is 4.90 Å². The van der Waals surface area contributed by atoms with Crippen LogP contribution in [0.3, 0.4) is 0 Å². The Hall–Kier alpha value is -0.830. The lowest BCUT2D eigenvalue weighted by molar-refractivity contribution is -0.135. The summed E-state index contributed by atoms with van der Waals surface area (Å²) in [6.07, 6.45) is 7.05. The summed E-state index contributed by atoms with van der Waals surface area (Å²) in [5, 5.41) is 0. The van der Waals surface area contributed by atoms with Gasteiger partial charge in [0.15, 0.2) is 0 Å². The molecule has 2 N–H and O–H groups in total. The molecule has 0 radical (unpaired) electrons. The normalized spacial score (nSPS) is 18.4. The largest absolute Gasteiger partial charge is 0.338 e. The molecule has 1 aliphatic carbocycles. The molecule has 3 heteroatoms. The number of hydrogen-bond acceptors (Lipinski definition) is 2. The third kappa shape index (κ3) is 4.15. The fourth-order valence-electron chi connectivity index (χ4n) is 2.52. The maximum absolute atomic E-state index is 12.3. The monoisotopic (exact) mass is 238 g/mol.